The second kappa shape index (κ2) is 5.73. The van der Waals surface area contributed by atoms with E-state index in [1.165, 1.54) is 5.56 Å². The summed E-state index contributed by atoms with van der Waals surface area (Å²) in [6, 6.07) is 10.4. The molecule has 0 bridgehead atoms. The molecule has 0 aliphatic rings. The van der Waals surface area contributed by atoms with Crippen LogP contribution in [0.5, 0.6) is 0 Å². The van der Waals surface area contributed by atoms with E-state index in [-0.39, 0.29) is 5.43 Å². The van der Waals surface area contributed by atoms with Crippen LogP contribution >= 0.6 is 11.3 Å². The molecule has 2 heterocycles. The van der Waals surface area contributed by atoms with E-state index in [2.05, 4.69) is 55.0 Å². The average molecular weight is 311 g/mol. The van der Waals surface area contributed by atoms with Crippen molar-refractivity contribution in [1.29, 1.82) is 0 Å². The Kier molecular flexibility index (Phi) is 3.92. The third-order valence-corrected chi connectivity index (χ3v) is 5.14. The lowest BCUT2D eigenvalue weighted by molar-refractivity contribution is 0.792. The van der Waals surface area contributed by atoms with E-state index < -0.39 is 0 Å². The zero-order valence-electron chi connectivity index (χ0n) is 13.5. The van der Waals surface area contributed by atoms with Gasteiger partial charge >= 0.3 is 0 Å². The van der Waals surface area contributed by atoms with E-state index in [0.29, 0.717) is 5.92 Å². The Bertz CT molecular complexity index is 873. The fourth-order valence-corrected chi connectivity index (χ4v) is 3.86. The molecule has 3 aromatic rings. The zero-order chi connectivity index (χ0) is 15.9. The molecule has 0 aliphatic carbocycles. The van der Waals surface area contributed by atoms with Gasteiger partial charge in [-0.3, -0.25) is 4.79 Å². The minimum Gasteiger partial charge on any atom is -0.340 e. The second-order valence-electron chi connectivity index (χ2n) is 5.96. The third-order valence-electron chi connectivity index (χ3n) is 4.26. The fourth-order valence-electron chi connectivity index (χ4n) is 3.02. The van der Waals surface area contributed by atoms with Crippen LogP contribution in [0.3, 0.4) is 0 Å². The lowest BCUT2D eigenvalue weighted by Crippen LogP contribution is -2.15. The molecule has 0 fully saturated rings. The molecule has 0 amide bonds. The van der Waals surface area contributed by atoms with Crippen molar-refractivity contribution in [1.82, 2.24) is 4.57 Å². The van der Waals surface area contributed by atoms with Crippen molar-refractivity contribution >= 4 is 22.2 Å². The first kappa shape index (κ1) is 15.0. The largest absolute Gasteiger partial charge is 0.340 e. The van der Waals surface area contributed by atoms with Crippen molar-refractivity contribution in [2.45, 2.75) is 40.2 Å². The molecule has 22 heavy (non-hydrogen) atoms. The lowest BCUT2D eigenvalue weighted by atomic mass is 9.99. The molecule has 0 spiro atoms. The van der Waals surface area contributed by atoms with E-state index in [9.17, 15) is 4.79 Å². The van der Waals surface area contributed by atoms with Crippen molar-refractivity contribution in [3.05, 3.63) is 57.1 Å². The van der Waals surface area contributed by atoms with Gasteiger partial charge in [0.2, 0.25) is 0 Å². The van der Waals surface area contributed by atoms with Crippen LogP contribution in [-0.2, 0) is 6.54 Å². The first-order valence-electron chi connectivity index (χ1n) is 7.75. The summed E-state index contributed by atoms with van der Waals surface area (Å²) in [7, 11) is 0. The summed E-state index contributed by atoms with van der Waals surface area (Å²) in [4.78, 5) is 14.0. The average Bonchev–Trinajstić information content (AvgIpc) is 3.03. The quantitative estimate of drug-likeness (QED) is 0.653. The topological polar surface area (TPSA) is 22.0 Å². The van der Waals surface area contributed by atoms with Gasteiger partial charge in [-0.05, 0) is 48.9 Å². The summed E-state index contributed by atoms with van der Waals surface area (Å²) in [6.45, 7) is 9.26. The maximum absolute atomic E-state index is 12.9. The summed E-state index contributed by atoms with van der Waals surface area (Å²) >= 11 is 1.69. The number of nitrogens with zero attached hydrogens (tertiary/aromatic N) is 1. The molecule has 2 aromatic heterocycles. The van der Waals surface area contributed by atoms with Crippen molar-refractivity contribution in [2.75, 3.05) is 0 Å². The van der Waals surface area contributed by atoms with Gasteiger partial charge in [-0.1, -0.05) is 26.0 Å². The molecule has 1 aromatic carbocycles. The van der Waals surface area contributed by atoms with E-state index in [1.807, 2.05) is 13.0 Å². The highest BCUT2D eigenvalue weighted by atomic mass is 32.1. The van der Waals surface area contributed by atoms with Crippen LogP contribution in [0.1, 0.15) is 37.8 Å². The highest BCUT2D eigenvalue weighted by molar-refractivity contribution is 7.13. The number of fused-ring (bicyclic) bond motifs is 1. The summed E-state index contributed by atoms with van der Waals surface area (Å²) < 4.78 is 2.27. The van der Waals surface area contributed by atoms with E-state index in [4.69, 9.17) is 0 Å². The fraction of sp³-hybridized carbons (Fsp3) is 0.316. The summed E-state index contributed by atoms with van der Waals surface area (Å²) in [6.07, 6.45) is 0. The Labute approximate surface area is 135 Å². The standard InChI is InChI=1S/C19H21NOS/c1-5-20-16-9-8-14(12(2)3)11-15(16)19(21)13(4)18(20)17-7-6-10-22-17/h6-12H,5H2,1-4H3. The van der Waals surface area contributed by atoms with Crippen LogP contribution in [0.15, 0.2) is 40.5 Å². The molecule has 3 heteroatoms. The number of hydrogen-bond donors (Lipinski definition) is 0. The minimum absolute atomic E-state index is 0.158. The smallest absolute Gasteiger partial charge is 0.192 e. The van der Waals surface area contributed by atoms with Gasteiger partial charge in [-0.25, -0.2) is 0 Å². The number of aryl methyl sites for hydroxylation is 1. The summed E-state index contributed by atoms with van der Waals surface area (Å²) in [5.74, 6) is 0.427. The highest BCUT2D eigenvalue weighted by Crippen LogP contribution is 2.30. The third kappa shape index (κ3) is 2.30. The van der Waals surface area contributed by atoms with Crippen LogP contribution in [0.4, 0.5) is 0 Å². The molecular weight excluding hydrogens is 290 g/mol. The van der Waals surface area contributed by atoms with Crippen LogP contribution in [0.25, 0.3) is 21.5 Å². The van der Waals surface area contributed by atoms with E-state index in [1.54, 1.807) is 11.3 Å². The molecule has 114 valence electrons. The molecule has 2 nitrogen and oxygen atoms in total. The Hall–Kier alpha value is -1.87. The van der Waals surface area contributed by atoms with E-state index in [0.717, 1.165) is 33.6 Å². The first-order valence-corrected chi connectivity index (χ1v) is 8.63. The van der Waals surface area contributed by atoms with Gasteiger partial charge in [0.15, 0.2) is 5.43 Å². The molecule has 0 saturated carbocycles. The number of thiophene rings is 1. The molecule has 0 aliphatic heterocycles. The first-order chi connectivity index (χ1) is 10.5. The number of aromatic nitrogens is 1. The molecule has 0 saturated heterocycles. The van der Waals surface area contributed by atoms with Crippen molar-refractivity contribution in [3.63, 3.8) is 0 Å². The Morgan fingerprint density at radius 1 is 1.23 bits per heavy atom. The normalized spacial score (nSPS) is 11.5. The van der Waals surface area contributed by atoms with Crippen LogP contribution in [-0.4, -0.2) is 4.57 Å². The number of rotatable bonds is 3. The Balaban J connectivity index is 2.43. The predicted octanol–water partition coefficient (Wildman–Crippen LogP) is 5.18. The van der Waals surface area contributed by atoms with Crippen LogP contribution in [0.2, 0.25) is 0 Å². The van der Waals surface area contributed by atoms with Gasteiger partial charge in [-0.2, -0.15) is 0 Å². The van der Waals surface area contributed by atoms with Gasteiger partial charge in [0, 0.05) is 17.5 Å². The van der Waals surface area contributed by atoms with Gasteiger partial charge < -0.3 is 4.57 Å². The van der Waals surface area contributed by atoms with Gasteiger partial charge in [0.1, 0.15) is 0 Å². The minimum atomic E-state index is 0.158. The number of benzene rings is 1. The second-order valence-corrected chi connectivity index (χ2v) is 6.90. The van der Waals surface area contributed by atoms with Gasteiger partial charge in [0.25, 0.3) is 0 Å². The SMILES string of the molecule is CCn1c(-c2cccs2)c(C)c(=O)c2cc(C(C)C)ccc21. The number of pyridine rings is 1. The molecule has 0 radical (unpaired) electrons. The molecule has 0 atom stereocenters. The van der Waals surface area contributed by atoms with Gasteiger partial charge in [-0.15, -0.1) is 11.3 Å². The summed E-state index contributed by atoms with van der Waals surface area (Å²) in [5, 5.41) is 2.90. The maximum Gasteiger partial charge on any atom is 0.192 e. The van der Waals surface area contributed by atoms with Crippen molar-refractivity contribution < 1.29 is 0 Å². The van der Waals surface area contributed by atoms with Crippen molar-refractivity contribution in [2.24, 2.45) is 0 Å². The van der Waals surface area contributed by atoms with Crippen LogP contribution in [0, 0.1) is 6.92 Å². The maximum atomic E-state index is 12.9. The van der Waals surface area contributed by atoms with Gasteiger partial charge in [0.05, 0.1) is 16.1 Å². The Morgan fingerprint density at radius 2 is 2.00 bits per heavy atom. The highest BCUT2D eigenvalue weighted by Gasteiger charge is 2.16. The van der Waals surface area contributed by atoms with Crippen LogP contribution < -0.4 is 5.43 Å². The monoisotopic (exact) mass is 311 g/mol. The number of hydrogen-bond acceptors (Lipinski definition) is 2. The van der Waals surface area contributed by atoms with Crippen molar-refractivity contribution in [3.8, 4) is 10.6 Å². The molecular formula is C19H21NOS. The molecule has 0 N–H and O–H groups in total. The molecule has 3 rings (SSSR count). The summed E-state index contributed by atoms with van der Waals surface area (Å²) in [5.41, 5.74) is 4.32. The zero-order valence-corrected chi connectivity index (χ0v) is 14.3. The van der Waals surface area contributed by atoms with E-state index >= 15 is 0 Å². The lowest BCUT2D eigenvalue weighted by Gasteiger charge is -2.18. The Morgan fingerprint density at radius 3 is 2.59 bits per heavy atom. The predicted molar refractivity (Wildman–Crippen MR) is 96.0 cm³/mol. The molecule has 0 unspecified atom stereocenters.